The standard InChI is InChI=1S/C24H32O4/c1-15(26)28-24-11-7-18(14-25)27-17-4-6-19-16(13-17)3-5-21-20(19)8-10-23(24,2)22(21)9-12-24/h4,6,13,18,20-22,25H,3,5,7-12,14H2,1-2H3/t18?,20?,21-,22-,23-,24-/m0/s1. The van der Waals surface area contributed by atoms with E-state index < -0.39 is 5.60 Å². The van der Waals surface area contributed by atoms with Crippen molar-refractivity contribution < 1.29 is 19.4 Å². The van der Waals surface area contributed by atoms with E-state index >= 15 is 0 Å². The van der Waals surface area contributed by atoms with Gasteiger partial charge in [-0.2, -0.15) is 0 Å². The summed E-state index contributed by atoms with van der Waals surface area (Å²) in [5.74, 6) is 2.60. The summed E-state index contributed by atoms with van der Waals surface area (Å²) in [7, 11) is 0. The van der Waals surface area contributed by atoms with Crippen molar-refractivity contribution in [2.75, 3.05) is 6.61 Å². The number of aliphatic hydroxyl groups excluding tert-OH is 1. The molecule has 1 aromatic carbocycles. The maximum Gasteiger partial charge on any atom is 0.303 e. The van der Waals surface area contributed by atoms with Gasteiger partial charge in [0.1, 0.15) is 17.5 Å². The van der Waals surface area contributed by atoms with Gasteiger partial charge in [-0.05, 0) is 92.4 Å². The summed E-state index contributed by atoms with van der Waals surface area (Å²) in [5.41, 5.74) is 2.54. The summed E-state index contributed by atoms with van der Waals surface area (Å²) in [4.78, 5) is 12.1. The maximum atomic E-state index is 12.1. The van der Waals surface area contributed by atoms with Crippen molar-refractivity contribution in [3.63, 3.8) is 0 Å². The molecule has 0 radical (unpaired) electrons. The number of aryl methyl sites for hydroxylation is 1. The van der Waals surface area contributed by atoms with Crippen molar-refractivity contribution in [1.29, 1.82) is 0 Å². The van der Waals surface area contributed by atoms with E-state index in [-0.39, 0.29) is 24.1 Å². The van der Waals surface area contributed by atoms with Gasteiger partial charge in [-0.1, -0.05) is 13.0 Å². The Balaban J connectivity index is 1.63. The first-order valence-corrected chi connectivity index (χ1v) is 11.1. The lowest BCUT2D eigenvalue weighted by atomic mass is 9.53. The molecule has 5 aliphatic heterocycles. The summed E-state index contributed by atoms with van der Waals surface area (Å²) in [6, 6.07) is 6.58. The number of benzene rings is 1. The zero-order chi connectivity index (χ0) is 19.5. The number of esters is 1. The van der Waals surface area contributed by atoms with E-state index in [2.05, 4.69) is 25.1 Å². The Morgan fingerprint density at radius 2 is 2.04 bits per heavy atom. The molecule has 28 heavy (non-hydrogen) atoms. The van der Waals surface area contributed by atoms with E-state index in [4.69, 9.17) is 9.47 Å². The summed E-state index contributed by atoms with van der Waals surface area (Å²) < 4.78 is 12.4. The molecule has 4 nitrogen and oxygen atoms in total. The molecule has 0 amide bonds. The fraction of sp³-hybridized carbons (Fsp3) is 0.708. The minimum atomic E-state index is -0.422. The van der Waals surface area contributed by atoms with Crippen molar-refractivity contribution in [2.45, 2.75) is 82.8 Å². The monoisotopic (exact) mass is 384 g/mol. The van der Waals surface area contributed by atoms with Crippen molar-refractivity contribution in [2.24, 2.45) is 17.3 Å². The van der Waals surface area contributed by atoms with Gasteiger partial charge in [0.25, 0.3) is 0 Å². The van der Waals surface area contributed by atoms with Gasteiger partial charge in [0.05, 0.1) is 6.61 Å². The van der Waals surface area contributed by atoms with Gasteiger partial charge in [0, 0.05) is 12.3 Å². The summed E-state index contributed by atoms with van der Waals surface area (Å²) in [6.45, 7) is 3.92. The Morgan fingerprint density at radius 3 is 2.82 bits per heavy atom. The lowest BCUT2D eigenvalue weighted by Gasteiger charge is -2.54. The summed E-state index contributed by atoms with van der Waals surface area (Å²) >= 11 is 0. The molecule has 1 aromatic rings. The summed E-state index contributed by atoms with van der Waals surface area (Å²) in [5, 5.41) is 9.94. The zero-order valence-electron chi connectivity index (χ0n) is 17.1. The number of carbonyl (C=O) groups excluding carboxylic acids is 1. The lowest BCUT2D eigenvalue weighted by Crippen LogP contribution is -2.53. The van der Waals surface area contributed by atoms with Crippen LogP contribution in [0.3, 0.4) is 0 Å². The molecular weight excluding hydrogens is 352 g/mol. The van der Waals surface area contributed by atoms with E-state index in [9.17, 15) is 9.90 Å². The van der Waals surface area contributed by atoms with Gasteiger partial charge >= 0.3 is 5.97 Å². The fourth-order valence-electron chi connectivity index (χ4n) is 7.40. The Labute approximate surface area is 167 Å². The van der Waals surface area contributed by atoms with Crippen LogP contribution in [0.15, 0.2) is 18.2 Å². The van der Waals surface area contributed by atoms with Crippen molar-refractivity contribution in [3.8, 4) is 5.75 Å². The molecule has 0 saturated heterocycles. The smallest absolute Gasteiger partial charge is 0.303 e. The molecule has 1 N–H and O–H groups in total. The van der Waals surface area contributed by atoms with Crippen LogP contribution >= 0.6 is 0 Å². The minimum Gasteiger partial charge on any atom is -0.488 e. The third kappa shape index (κ3) is 2.56. The van der Waals surface area contributed by atoms with Crippen molar-refractivity contribution in [3.05, 3.63) is 29.3 Å². The second-order valence-electron chi connectivity index (χ2n) is 9.82. The molecule has 2 fully saturated rings. The maximum absolute atomic E-state index is 12.1. The molecule has 2 unspecified atom stereocenters. The molecular formula is C24H32O4. The van der Waals surface area contributed by atoms with Crippen molar-refractivity contribution >= 4 is 5.97 Å². The van der Waals surface area contributed by atoms with Gasteiger partial charge in [0.2, 0.25) is 0 Å². The topological polar surface area (TPSA) is 55.8 Å². The van der Waals surface area contributed by atoms with Crippen LogP contribution in [0.25, 0.3) is 0 Å². The first-order valence-electron chi connectivity index (χ1n) is 11.1. The zero-order valence-corrected chi connectivity index (χ0v) is 17.1. The number of hydrogen-bond acceptors (Lipinski definition) is 4. The van der Waals surface area contributed by atoms with Gasteiger partial charge in [-0.25, -0.2) is 0 Å². The van der Waals surface area contributed by atoms with Gasteiger partial charge < -0.3 is 14.6 Å². The molecule has 3 aliphatic carbocycles. The van der Waals surface area contributed by atoms with Gasteiger partial charge in [-0.3, -0.25) is 4.79 Å². The van der Waals surface area contributed by atoms with Gasteiger partial charge in [0.15, 0.2) is 0 Å². The highest BCUT2D eigenvalue weighted by molar-refractivity contribution is 5.66. The van der Waals surface area contributed by atoms with E-state index in [1.807, 2.05) is 0 Å². The highest BCUT2D eigenvalue weighted by Gasteiger charge is 2.63. The second-order valence-corrected chi connectivity index (χ2v) is 9.82. The molecule has 0 aromatic heterocycles. The average molecular weight is 385 g/mol. The normalized spacial score (nSPS) is 41.1. The highest BCUT2D eigenvalue weighted by Crippen LogP contribution is 2.66. The van der Waals surface area contributed by atoms with E-state index in [1.54, 1.807) is 6.92 Å². The molecule has 6 atom stereocenters. The molecule has 152 valence electrons. The van der Waals surface area contributed by atoms with Crippen LogP contribution in [0.2, 0.25) is 0 Å². The Morgan fingerprint density at radius 1 is 1.21 bits per heavy atom. The number of fused-ring (bicyclic) bond motifs is 1. The molecule has 4 heteroatoms. The largest absolute Gasteiger partial charge is 0.488 e. The molecule has 9 rings (SSSR count). The molecule has 8 bridgehead atoms. The molecule has 2 saturated carbocycles. The number of hydrogen-bond donors (Lipinski definition) is 1. The Hall–Kier alpha value is -1.55. The number of carbonyl (C=O) groups is 1. The minimum absolute atomic E-state index is 0.0152. The van der Waals surface area contributed by atoms with Crippen LogP contribution in [-0.2, 0) is 16.0 Å². The van der Waals surface area contributed by atoms with E-state index in [0.717, 1.165) is 37.9 Å². The third-order valence-corrected chi connectivity index (χ3v) is 8.70. The number of ether oxygens (including phenoxy) is 2. The quantitative estimate of drug-likeness (QED) is 0.769. The molecule has 5 heterocycles. The van der Waals surface area contributed by atoms with E-state index in [1.165, 1.54) is 24.0 Å². The van der Waals surface area contributed by atoms with Crippen LogP contribution in [0.4, 0.5) is 0 Å². The molecule has 0 spiro atoms. The van der Waals surface area contributed by atoms with Crippen LogP contribution in [-0.4, -0.2) is 29.4 Å². The average Bonchev–Trinajstić information content (AvgIpc) is 2.97. The van der Waals surface area contributed by atoms with Crippen LogP contribution in [0.1, 0.15) is 75.8 Å². The highest BCUT2D eigenvalue weighted by atomic mass is 16.6. The van der Waals surface area contributed by atoms with E-state index in [0.29, 0.717) is 24.2 Å². The first kappa shape index (κ1) is 18.5. The van der Waals surface area contributed by atoms with Crippen molar-refractivity contribution in [1.82, 2.24) is 0 Å². The number of rotatable bonds is 2. The van der Waals surface area contributed by atoms with Crippen LogP contribution in [0, 0.1) is 17.3 Å². The Bertz CT molecular complexity index is 789. The van der Waals surface area contributed by atoms with Crippen LogP contribution in [0.5, 0.6) is 5.75 Å². The lowest BCUT2D eigenvalue weighted by molar-refractivity contribution is -0.180. The van der Waals surface area contributed by atoms with Gasteiger partial charge in [-0.15, -0.1) is 0 Å². The second kappa shape index (κ2) is 6.48. The Kier molecular flexibility index (Phi) is 4.28. The van der Waals surface area contributed by atoms with Crippen LogP contribution < -0.4 is 4.74 Å². The summed E-state index contributed by atoms with van der Waals surface area (Å²) in [6.07, 6.45) is 7.91. The SMILES string of the molecule is CC(=O)O[C@]12CCC(CO)Oc3ccc4c(c3)CC[C@H]3C4CC[C@@]1(C)[C@H]3CC2. The molecule has 8 aliphatic rings. The predicted octanol–water partition coefficient (Wildman–Crippen LogP) is 4.38. The fourth-order valence-corrected chi connectivity index (χ4v) is 7.40. The predicted molar refractivity (Wildman–Crippen MR) is 106 cm³/mol. The number of aliphatic hydroxyl groups is 1. The third-order valence-electron chi connectivity index (χ3n) is 8.70. The first-order chi connectivity index (χ1) is 13.5.